The van der Waals surface area contributed by atoms with Gasteiger partial charge in [-0.2, -0.15) is 5.26 Å². The first kappa shape index (κ1) is 18.6. The van der Waals surface area contributed by atoms with Crippen molar-refractivity contribution in [1.29, 1.82) is 5.26 Å². The standard InChI is InChI=1S/C19H29N3O2/c1-5-11-24-18-8-7-16(12-19(18)23-6-2)17(13-20)22-10-9-21(4)14-15(22)3/h7-8,12,15,17H,5-6,9-11,14H2,1-4H3. The normalized spacial score (nSPS) is 20.4. The number of nitriles is 1. The third-order valence-corrected chi connectivity index (χ3v) is 4.38. The summed E-state index contributed by atoms with van der Waals surface area (Å²) in [5.74, 6) is 1.48. The van der Waals surface area contributed by atoms with E-state index in [1.54, 1.807) is 0 Å². The molecule has 132 valence electrons. The predicted molar refractivity (Wildman–Crippen MR) is 95.4 cm³/mol. The van der Waals surface area contributed by atoms with Crippen molar-refractivity contribution in [2.75, 3.05) is 39.9 Å². The van der Waals surface area contributed by atoms with Gasteiger partial charge in [0.25, 0.3) is 0 Å². The van der Waals surface area contributed by atoms with Gasteiger partial charge in [0.1, 0.15) is 6.04 Å². The second-order valence-corrected chi connectivity index (χ2v) is 6.37. The van der Waals surface area contributed by atoms with Crippen LogP contribution in [-0.2, 0) is 0 Å². The topological polar surface area (TPSA) is 48.7 Å². The molecule has 0 bridgehead atoms. The first-order valence-corrected chi connectivity index (χ1v) is 8.84. The first-order valence-electron chi connectivity index (χ1n) is 8.84. The molecule has 0 aromatic heterocycles. The van der Waals surface area contributed by atoms with E-state index in [2.05, 4.69) is 36.8 Å². The van der Waals surface area contributed by atoms with E-state index in [1.807, 2.05) is 25.1 Å². The number of rotatable bonds is 7. The molecule has 1 aromatic rings. The molecule has 0 aliphatic carbocycles. The van der Waals surface area contributed by atoms with E-state index >= 15 is 0 Å². The summed E-state index contributed by atoms with van der Waals surface area (Å²) in [7, 11) is 2.13. The summed E-state index contributed by atoms with van der Waals surface area (Å²) in [5.41, 5.74) is 0.973. The van der Waals surface area contributed by atoms with Gasteiger partial charge >= 0.3 is 0 Å². The Morgan fingerprint density at radius 2 is 2.04 bits per heavy atom. The largest absolute Gasteiger partial charge is 0.490 e. The van der Waals surface area contributed by atoms with Crippen LogP contribution in [0.4, 0.5) is 0 Å². The molecular weight excluding hydrogens is 302 g/mol. The number of ether oxygens (including phenoxy) is 2. The lowest BCUT2D eigenvalue weighted by Gasteiger charge is -2.40. The third-order valence-electron chi connectivity index (χ3n) is 4.38. The lowest BCUT2D eigenvalue weighted by molar-refractivity contribution is 0.0795. The highest BCUT2D eigenvalue weighted by Crippen LogP contribution is 2.33. The van der Waals surface area contributed by atoms with Gasteiger partial charge in [0.2, 0.25) is 0 Å². The Kier molecular flexibility index (Phi) is 6.89. The summed E-state index contributed by atoms with van der Waals surface area (Å²) in [6.07, 6.45) is 0.951. The van der Waals surface area contributed by atoms with E-state index in [9.17, 15) is 5.26 Å². The molecule has 2 unspecified atom stereocenters. The minimum atomic E-state index is -0.256. The second kappa shape index (κ2) is 8.91. The molecule has 24 heavy (non-hydrogen) atoms. The Labute approximate surface area is 145 Å². The molecule has 2 rings (SSSR count). The highest BCUT2D eigenvalue weighted by atomic mass is 16.5. The van der Waals surface area contributed by atoms with Gasteiger partial charge in [-0.25, -0.2) is 0 Å². The first-order chi connectivity index (χ1) is 11.6. The van der Waals surface area contributed by atoms with Gasteiger partial charge in [-0.1, -0.05) is 13.0 Å². The highest BCUT2D eigenvalue weighted by Gasteiger charge is 2.29. The maximum atomic E-state index is 9.77. The minimum absolute atomic E-state index is 0.256. The fourth-order valence-electron chi connectivity index (χ4n) is 3.17. The lowest BCUT2D eigenvalue weighted by atomic mass is 10.0. The molecule has 1 aliphatic rings. The van der Waals surface area contributed by atoms with Gasteiger partial charge in [-0.05, 0) is 45.0 Å². The Bertz CT molecular complexity index is 570. The van der Waals surface area contributed by atoms with Crippen molar-refractivity contribution in [2.45, 2.75) is 39.3 Å². The van der Waals surface area contributed by atoms with Gasteiger partial charge in [-0.3, -0.25) is 4.90 Å². The molecule has 2 atom stereocenters. The monoisotopic (exact) mass is 331 g/mol. The molecule has 1 heterocycles. The van der Waals surface area contributed by atoms with Crippen molar-refractivity contribution in [1.82, 2.24) is 9.80 Å². The molecule has 5 heteroatoms. The zero-order valence-corrected chi connectivity index (χ0v) is 15.3. The lowest BCUT2D eigenvalue weighted by Crippen LogP contribution is -2.51. The van der Waals surface area contributed by atoms with E-state index in [0.29, 0.717) is 19.3 Å². The van der Waals surface area contributed by atoms with E-state index in [-0.39, 0.29) is 6.04 Å². The zero-order chi connectivity index (χ0) is 17.5. The summed E-state index contributed by atoms with van der Waals surface area (Å²) in [6, 6.07) is 8.46. The summed E-state index contributed by atoms with van der Waals surface area (Å²) in [6.45, 7) is 10.3. The molecule has 1 aromatic carbocycles. The maximum Gasteiger partial charge on any atom is 0.161 e. The fraction of sp³-hybridized carbons (Fsp3) is 0.632. The van der Waals surface area contributed by atoms with Crippen molar-refractivity contribution in [2.24, 2.45) is 0 Å². The average Bonchev–Trinajstić information content (AvgIpc) is 2.57. The van der Waals surface area contributed by atoms with E-state index in [1.165, 1.54) is 0 Å². The molecule has 0 spiro atoms. The molecule has 1 aliphatic heterocycles. The fourth-order valence-corrected chi connectivity index (χ4v) is 3.17. The van der Waals surface area contributed by atoms with E-state index < -0.39 is 0 Å². The Morgan fingerprint density at radius 1 is 1.25 bits per heavy atom. The van der Waals surface area contributed by atoms with Crippen molar-refractivity contribution in [3.8, 4) is 17.6 Å². The van der Waals surface area contributed by atoms with Crippen molar-refractivity contribution < 1.29 is 9.47 Å². The van der Waals surface area contributed by atoms with Crippen LogP contribution in [0.3, 0.4) is 0 Å². The van der Waals surface area contributed by atoms with Gasteiger partial charge in [0.15, 0.2) is 11.5 Å². The summed E-state index contributed by atoms with van der Waals surface area (Å²) in [5, 5.41) is 9.77. The van der Waals surface area contributed by atoms with Crippen LogP contribution >= 0.6 is 0 Å². The molecule has 1 saturated heterocycles. The van der Waals surface area contributed by atoms with Crippen LogP contribution in [0.25, 0.3) is 0 Å². The Morgan fingerprint density at radius 3 is 2.67 bits per heavy atom. The van der Waals surface area contributed by atoms with Gasteiger partial charge < -0.3 is 14.4 Å². The van der Waals surface area contributed by atoms with Gasteiger partial charge in [0.05, 0.1) is 19.3 Å². The summed E-state index contributed by atoms with van der Waals surface area (Å²) >= 11 is 0. The number of nitrogens with zero attached hydrogens (tertiary/aromatic N) is 3. The number of hydrogen-bond acceptors (Lipinski definition) is 5. The molecule has 5 nitrogen and oxygen atoms in total. The van der Waals surface area contributed by atoms with Gasteiger partial charge in [0, 0.05) is 25.7 Å². The minimum Gasteiger partial charge on any atom is -0.490 e. The van der Waals surface area contributed by atoms with Crippen LogP contribution in [0.15, 0.2) is 18.2 Å². The number of likely N-dealkylation sites (N-methyl/N-ethyl adjacent to an activating group) is 1. The highest BCUT2D eigenvalue weighted by molar-refractivity contribution is 5.45. The smallest absolute Gasteiger partial charge is 0.161 e. The summed E-state index contributed by atoms with van der Waals surface area (Å²) in [4.78, 5) is 4.58. The van der Waals surface area contributed by atoms with Crippen LogP contribution in [-0.4, -0.2) is 55.7 Å². The van der Waals surface area contributed by atoms with E-state index in [0.717, 1.165) is 43.1 Å². The van der Waals surface area contributed by atoms with E-state index in [4.69, 9.17) is 9.47 Å². The van der Waals surface area contributed by atoms with Crippen molar-refractivity contribution in [3.63, 3.8) is 0 Å². The molecule has 0 amide bonds. The SMILES string of the molecule is CCCOc1ccc(C(C#N)N2CCN(C)CC2C)cc1OCC. The Hall–Kier alpha value is -1.77. The van der Waals surface area contributed by atoms with Crippen molar-refractivity contribution in [3.05, 3.63) is 23.8 Å². The number of hydrogen-bond donors (Lipinski definition) is 0. The zero-order valence-electron chi connectivity index (χ0n) is 15.3. The van der Waals surface area contributed by atoms with Crippen LogP contribution in [0.2, 0.25) is 0 Å². The average molecular weight is 331 g/mol. The number of piperazine rings is 1. The quantitative estimate of drug-likeness (QED) is 0.768. The number of benzene rings is 1. The van der Waals surface area contributed by atoms with Crippen molar-refractivity contribution >= 4 is 0 Å². The third kappa shape index (κ3) is 4.40. The summed E-state index contributed by atoms with van der Waals surface area (Å²) < 4.78 is 11.5. The maximum absolute atomic E-state index is 9.77. The van der Waals surface area contributed by atoms with Crippen LogP contribution in [0.5, 0.6) is 11.5 Å². The molecule has 0 N–H and O–H groups in total. The van der Waals surface area contributed by atoms with Crippen LogP contribution in [0.1, 0.15) is 38.8 Å². The van der Waals surface area contributed by atoms with Crippen LogP contribution < -0.4 is 9.47 Å². The van der Waals surface area contributed by atoms with Crippen LogP contribution in [0, 0.1) is 11.3 Å². The Balaban J connectivity index is 2.25. The molecular formula is C19H29N3O2. The second-order valence-electron chi connectivity index (χ2n) is 6.37. The molecule has 1 fully saturated rings. The van der Waals surface area contributed by atoms with Gasteiger partial charge in [-0.15, -0.1) is 0 Å². The molecule has 0 radical (unpaired) electrons. The predicted octanol–water partition coefficient (Wildman–Crippen LogP) is 3.07. The molecule has 0 saturated carbocycles.